The molecule has 40 heavy (non-hydrogen) atoms. The van der Waals surface area contributed by atoms with Crippen molar-refractivity contribution in [3.8, 4) is 11.5 Å². The van der Waals surface area contributed by atoms with Gasteiger partial charge in [-0.3, -0.25) is 9.59 Å². The molecule has 222 valence electrons. The highest BCUT2D eigenvalue weighted by molar-refractivity contribution is 6.06. The number of amides is 2. The van der Waals surface area contributed by atoms with Crippen LogP contribution in [0.15, 0.2) is 24.8 Å². The molecule has 2 saturated heterocycles. The highest BCUT2D eigenvalue weighted by Gasteiger charge is 2.47. The molecule has 2 fully saturated rings. The Bertz CT molecular complexity index is 1030. The van der Waals surface area contributed by atoms with Gasteiger partial charge in [0.1, 0.15) is 6.61 Å². The zero-order valence-electron chi connectivity index (χ0n) is 24.0. The number of fused-ring (bicyclic) bond motifs is 2. The summed E-state index contributed by atoms with van der Waals surface area (Å²) in [6.45, 7) is 8.94. The van der Waals surface area contributed by atoms with E-state index in [1.165, 1.54) is 25.2 Å². The van der Waals surface area contributed by atoms with Crippen LogP contribution in [0.4, 0.5) is 10.5 Å². The van der Waals surface area contributed by atoms with Crippen molar-refractivity contribution in [2.45, 2.75) is 77.4 Å². The minimum absolute atomic E-state index is 0.00726. The number of carbonyl (C=O) groups is 3. The maximum Gasteiger partial charge on any atom is 0.416 e. The van der Waals surface area contributed by atoms with Crippen LogP contribution < -0.4 is 14.4 Å². The first-order valence-electron chi connectivity index (χ1n) is 14.0. The minimum Gasteiger partial charge on any atom is -0.493 e. The largest absolute Gasteiger partial charge is 0.493 e. The third-order valence-corrected chi connectivity index (χ3v) is 6.88. The van der Waals surface area contributed by atoms with E-state index in [4.69, 9.17) is 23.7 Å². The summed E-state index contributed by atoms with van der Waals surface area (Å²) in [7, 11) is 2.81. The van der Waals surface area contributed by atoms with E-state index >= 15 is 0 Å². The van der Waals surface area contributed by atoms with Gasteiger partial charge in [-0.05, 0) is 44.6 Å². The van der Waals surface area contributed by atoms with Crippen molar-refractivity contribution >= 4 is 23.7 Å². The number of rotatable bonds is 10. The lowest BCUT2D eigenvalue weighted by atomic mass is 10.1. The highest BCUT2D eigenvalue weighted by atomic mass is 16.7. The van der Waals surface area contributed by atoms with E-state index in [2.05, 4.69) is 11.3 Å². The molecule has 11 heteroatoms. The Labute approximate surface area is 236 Å². The Morgan fingerprint density at radius 1 is 1.12 bits per heavy atom. The molecule has 0 spiro atoms. The molecule has 3 atom stereocenters. The van der Waals surface area contributed by atoms with E-state index in [-0.39, 0.29) is 43.1 Å². The molecule has 0 aromatic heterocycles. The Morgan fingerprint density at radius 2 is 1.93 bits per heavy atom. The molecule has 2 unspecified atom stereocenters. The van der Waals surface area contributed by atoms with Crippen LogP contribution in [-0.4, -0.2) is 82.0 Å². The van der Waals surface area contributed by atoms with Gasteiger partial charge in [0.15, 0.2) is 24.0 Å². The number of anilines is 1. The molecule has 2 amide bonds. The number of hydrogen-bond donors (Lipinski definition) is 0. The van der Waals surface area contributed by atoms with E-state index in [1.807, 2.05) is 13.8 Å². The van der Waals surface area contributed by atoms with Crippen molar-refractivity contribution < 1.29 is 42.8 Å². The van der Waals surface area contributed by atoms with E-state index in [0.717, 1.165) is 19.3 Å². The summed E-state index contributed by atoms with van der Waals surface area (Å²) in [5, 5.41) is 0. The number of carbonyl (C=O) groups excluding carboxylic acids is 3. The van der Waals surface area contributed by atoms with Gasteiger partial charge in [-0.2, -0.15) is 0 Å². The number of methoxy groups -OCH3 is 2. The summed E-state index contributed by atoms with van der Waals surface area (Å²) in [6, 6.07) is 2.79. The van der Waals surface area contributed by atoms with Gasteiger partial charge in [-0.25, -0.2) is 9.69 Å². The average molecular weight is 563 g/mol. The van der Waals surface area contributed by atoms with Crippen molar-refractivity contribution in [3.05, 3.63) is 30.4 Å². The van der Waals surface area contributed by atoms with Crippen molar-refractivity contribution in [1.29, 1.82) is 0 Å². The minimum atomic E-state index is -0.830. The fourth-order valence-corrected chi connectivity index (χ4v) is 5.03. The SMILES string of the molecule is C=CCOC(=O)N1c2cc(OCCCC(=O)OC)c(OC)cc2C(=O)N2CCC[C@H]2C1OC1CCCCO1.CC. The van der Waals surface area contributed by atoms with Gasteiger partial charge in [0.25, 0.3) is 5.91 Å². The Hall–Kier alpha value is -3.31. The number of ether oxygens (including phenoxy) is 6. The molecular formula is C29H42N2O9. The summed E-state index contributed by atoms with van der Waals surface area (Å²) < 4.78 is 33.9. The lowest BCUT2D eigenvalue weighted by Crippen LogP contribution is -2.54. The second kappa shape index (κ2) is 15.5. The molecule has 1 aromatic rings. The predicted molar refractivity (Wildman–Crippen MR) is 148 cm³/mol. The van der Waals surface area contributed by atoms with Crippen LogP contribution in [0, 0.1) is 0 Å². The number of esters is 1. The van der Waals surface area contributed by atoms with Crippen molar-refractivity contribution in [1.82, 2.24) is 4.90 Å². The molecule has 0 bridgehead atoms. The molecule has 0 radical (unpaired) electrons. The van der Waals surface area contributed by atoms with Crippen LogP contribution >= 0.6 is 0 Å². The Balaban J connectivity index is 0.00000216. The van der Waals surface area contributed by atoms with Gasteiger partial charge < -0.3 is 33.3 Å². The number of hydrogen-bond acceptors (Lipinski definition) is 9. The molecular weight excluding hydrogens is 520 g/mol. The summed E-state index contributed by atoms with van der Waals surface area (Å²) in [6.07, 6.45) is 4.11. The van der Waals surface area contributed by atoms with Crippen LogP contribution in [0.2, 0.25) is 0 Å². The van der Waals surface area contributed by atoms with Gasteiger partial charge in [0.2, 0.25) is 0 Å². The summed E-state index contributed by atoms with van der Waals surface area (Å²) in [5.74, 6) is 0.0884. The van der Waals surface area contributed by atoms with Gasteiger partial charge in [-0.1, -0.05) is 26.5 Å². The average Bonchev–Trinajstić information content (AvgIpc) is 3.46. The monoisotopic (exact) mass is 562 g/mol. The zero-order chi connectivity index (χ0) is 29.1. The molecule has 0 saturated carbocycles. The third kappa shape index (κ3) is 7.25. The van der Waals surface area contributed by atoms with Gasteiger partial charge >= 0.3 is 12.1 Å². The lowest BCUT2D eigenvalue weighted by Gasteiger charge is -2.38. The fourth-order valence-electron chi connectivity index (χ4n) is 5.03. The quantitative estimate of drug-likeness (QED) is 0.228. The Morgan fingerprint density at radius 3 is 2.60 bits per heavy atom. The maximum absolute atomic E-state index is 13.8. The van der Waals surface area contributed by atoms with Crippen LogP contribution in [-0.2, 0) is 23.7 Å². The Kier molecular flexibility index (Phi) is 12.1. The summed E-state index contributed by atoms with van der Waals surface area (Å²) in [4.78, 5) is 41.9. The van der Waals surface area contributed by atoms with Crippen LogP contribution in [0.3, 0.4) is 0 Å². The van der Waals surface area contributed by atoms with Crippen LogP contribution in [0.25, 0.3) is 0 Å². The van der Waals surface area contributed by atoms with Crippen molar-refractivity contribution in [2.75, 3.05) is 45.5 Å². The molecule has 0 N–H and O–H groups in total. The predicted octanol–water partition coefficient (Wildman–Crippen LogP) is 4.67. The smallest absolute Gasteiger partial charge is 0.416 e. The van der Waals surface area contributed by atoms with E-state index in [1.54, 1.807) is 17.0 Å². The molecule has 11 nitrogen and oxygen atoms in total. The number of benzene rings is 1. The first-order valence-corrected chi connectivity index (χ1v) is 14.0. The van der Waals surface area contributed by atoms with Gasteiger partial charge in [0, 0.05) is 25.6 Å². The lowest BCUT2D eigenvalue weighted by molar-refractivity contribution is -0.195. The van der Waals surface area contributed by atoms with Crippen LogP contribution in [0.1, 0.15) is 69.2 Å². The molecule has 3 heterocycles. The topological polar surface area (TPSA) is 113 Å². The zero-order valence-corrected chi connectivity index (χ0v) is 24.0. The number of nitrogens with zero attached hydrogens (tertiary/aromatic N) is 2. The third-order valence-electron chi connectivity index (χ3n) is 6.88. The normalized spacial score (nSPS) is 21.7. The molecule has 0 aliphatic carbocycles. The first-order chi connectivity index (χ1) is 19.5. The van der Waals surface area contributed by atoms with Crippen molar-refractivity contribution in [2.24, 2.45) is 0 Å². The van der Waals surface area contributed by atoms with E-state index < -0.39 is 18.6 Å². The van der Waals surface area contributed by atoms with E-state index in [9.17, 15) is 14.4 Å². The van der Waals surface area contributed by atoms with Crippen LogP contribution in [0.5, 0.6) is 11.5 Å². The fraction of sp³-hybridized carbons (Fsp3) is 0.621. The second-order valence-electron chi connectivity index (χ2n) is 9.31. The first kappa shape index (κ1) is 31.2. The maximum atomic E-state index is 13.8. The highest BCUT2D eigenvalue weighted by Crippen LogP contribution is 2.42. The standard InChI is InChI=1S/C27H36N2O9.C2H6/c1-4-13-37-27(32)29-20-17-22(35-15-8-10-23(30)34-3)21(33-2)16-18(20)25(31)28-12-7-9-19(28)26(29)38-24-11-5-6-14-36-24;1-2/h4,16-17,19,24,26H,1,5-15H2,2-3H3;1-2H3/t19-,24?,26?;/m0./s1. The summed E-state index contributed by atoms with van der Waals surface area (Å²) in [5.41, 5.74) is 0.574. The van der Waals surface area contributed by atoms with Crippen molar-refractivity contribution in [3.63, 3.8) is 0 Å². The molecule has 3 aliphatic heterocycles. The molecule has 3 aliphatic rings. The molecule has 1 aromatic carbocycles. The second-order valence-corrected chi connectivity index (χ2v) is 9.31. The van der Waals surface area contributed by atoms with Gasteiger partial charge in [0.05, 0.1) is 38.1 Å². The molecule has 4 rings (SSSR count). The summed E-state index contributed by atoms with van der Waals surface area (Å²) >= 11 is 0. The van der Waals surface area contributed by atoms with E-state index in [0.29, 0.717) is 49.6 Å². The van der Waals surface area contributed by atoms with Gasteiger partial charge in [-0.15, -0.1) is 0 Å².